The van der Waals surface area contributed by atoms with Crippen LogP contribution in [0.25, 0.3) is 0 Å². The topological polar surface area (TPSA) is 7.12 Å². The van der Waals surface area contributed by atoms with Crippen LogP contribution in [0.3, 0.4) is 0 Å². The number of halogens is 1. The molecule has 0 saturated carbocycles. The second-order valence-corrected chi connectivity index (χ2v) is 7.00. The van der Waals surface area contributed by atoms with Gasteiger partial charge in [-0.15, -0.1) is 0 Å². The van der Waals surface area contributed by atoms with Gasteiger partial charge >= 0.3 is 0 Å². The summed E-state index contributed by atoms with van der Waals surface area (Å²) in [6, 6.07) is 4.60. The molecule has 126 valence electrons. The molecule has 1 aromatic heterocycles. The van der Waals surface area contributed by atoms with Crippen molar-refractivity contribution in [3.05, 3.63) is 24.5 Å². The second kappa shape index (κ2) is 10.1. The normalized spacial score (nSPS) is 17.1. The fourth-order valence-corrected chi connectivity index (χ4v) is 3.14. The summed E-state index contributed by atoms with van der Waals surface area (Å²) in [7, 11) is 0. The summed E-state index contributed by atoms with van der Waals surface area (Å²) in [6.07, 6.45) is 12.6. The maximum Gasteiger partial charge on any atom is 0.170 e. The molecule has 1 unspecified atom stereocenters. The van der Waals surface area contributed by atoms with Gasteiger partial charge in [0, 0.05) is 37.3 Å². The van der Waals surface area contributed by atoms with Crippen molar-refractivity contribution in [2.45, 2.75) is 65.8 Å². The van der Waals surface area contributed by atoms with Gasteiger partial charge in [0.25, 0.3) is 0 Å². The van der Waals surface area contributed by atoms with Gasteiger partial charge in [-0.05, 0) is 24.7 Å². The SMILES string of the molecule is CCCCC(C)CC[n+]1ccc(N2CCC(C)CC2)cc1.[Cl-]. The number of hydrogen-bond acceptors (Lipinski definition) is 1. The maximum absolute atomic E-state index is 2.54. The molecule has 0 bridgehead atoms. The Bertz CT molecular complexity index is 396. The first-order chi connectivity index (χ1) is 10.2. The second-order valence-electron chi connectivity index (χ2n) is 7.00. The van der Waals surface area contributed by atoms with E-state index in [1.165, 1.54) is 57.3 Å². The van der Waals surface area contributed by atoms with E-state index in [4.69, 9.17) is 0 Å². The average Bonchev–Trinajstić information content (AvgIpc) is 2.52. The molecule has 1 aliphatic heterocycles. The molecular formula is C19H33ClN2. The van der Waals surface area contributed by atoms with Crippen LogP contribution < -0.4 is 21.9 Å². The summed E-state index contributed by atoms with van der Waals surface area (Å²) in [5, 5.41) is 0. The Balaban J connectivity index is 0.00000242. The van der Waals surface area contributed by atoms with Gasteiger partial charge in [-0.3, -0.25) is 0 Å². The fraction of sp³-hybridized carbons (Fsp3) is 0.737. The Morgan fingerprint density at radius 2 is 1.82 bits per heavy atom. The van der Waals surface area contributed by atoms with Crippen LogP contribution in [0.4, 0.5) is 5.69 Å². The highest BCUT2D eigenvalue weighted by atomic mass is 35.5. The van der Waals surface area contributed by atoms with Gasteiger partial charge in [-0.25, -0.2) is 4.57 Å². The monoisotopic (exact) mass is 324 g/mol. The highest BCUT2D eigenvalue weighted by Crippen LogP contribution is 2.21. The molecular weight excluding hydrogens is 292 g/mol. The van der Waals surface area contributed by atoms with Gasteiger partial charge in [0.05, 0.1) is 0 Å². The third kappa shape index (κ3) is 6.16. The lowest BCUT2D eigenvalue weighted by Crippen LogP contribution is -3.00. The average molecular weight is 325 g/mol. The summed E-state index contributed by atoms with van der Waals surface area (Å²) < 4.78 is 2.35. The van der Waals surface area contributed by atoms with Crippen molar-refractivity contribution in [2.24, 2.45) is 11.8 Å². The zero-order valence-electron chi connectivity index (χ0n) is 14.6. The zero-order valence-corrected chi connectivity index (χ0v) is 15.4. The molecule has 0 spiro atoms. The summed E-state index contributed by atoms with van der Waals surface area (Å²) in [5.74, 6) is 1.75. The van der Waals surface area contributed by atoms with Gasteiger partial charge < -0.3 is 17.3 Å². The summed E-state index contributed by atoms with van der Waals surface area (Å²) >= 11 is 0. The Morgan fingerprint density at radius 3 is 2.41 bits per heavy atom. The highest BCUT2D eigenvalue weighted by molar-refractivity contribution is 5.43. The fourth-order valence-electron chi connectivity index (χ4n) is 3.14. The number of unbranched alkanes of at least 4 members (excludes halogenated alkanes) is 1. The van der Waals surface area contributed by atoms with Crippen molar-refractivity contribution < 1.29 is 17.0 Å². The van der Waals surface area contributed by atoms with Crippen LogP contribution in [0.15, 0.2) is 24.5 Å². The van der Waals surface area contributed by atoms with Crippen molar-refractivity contribution in [1.82, 2.24) is 0 Å². The van der Waals surface area contributed by atoms with Crippen LogP contribution in [0.2, 0.25) is 0 Å². The van der Waals surface area contributed by atoms with Crippen LogP contribution in [-0.4, -0.2) is 13.1 Å². The van der Waals surface area contributed by atoms with Gasteiger partial charge in [0.2, 0.25) is 0 Å². The predicted molar refractivity (Wildman–Crippen MR) is 90.6 cm³/mol. The quantitative estimate of drug-likeness (QED) is 0.688. The molecule has 1 atom stereocenters. The Hall–Kier alpha value is -0.760. The van der Waals surface area contributed by atoms with Crippen LogP contribution >= 0.6 is 0 Å². The summed E-state index contributed by atoms with van der Waals surface area (Å²) in [5.41, 5.74) is 1.40. The maximum atomic E-state index is 2.54. The van der Waals surface area contributed by atoms with Crippen LogP contribution in [0.1, 0.15) is 59.3 Å². The number of hydrogen-bond donors (Lipinski definition) is 0. The molecule has 0 aliphatic carbocycles. The molecule has 3 heteroatoms. The lowest BCUT2D eigenvalue weighted by atomic mass is 9.99. The van der Waals surface area contributed by atoms with E-state index < -0.39 is 0 Å². The third-order valence-electron chi connectivity index (χ3n) is 4.95. The first-order valence-corrected chi connectivity index (χ1v) is 8.93. The van der Waals surface area contributed by atoms with Crippen molar-refractivity contribution >= 4 is 5.69 Å². The standard InChI is InChI=1S/C19H33N2.ClH/c1-4-5-6-17(2)7-12-20-13-10-19(11-14-20)21-15-8-18(3)9-16-21;/h10-11,13-14,17-18H,4-9,12,15-16H2,1-3H3;1H/q+1;/p-1. The van der Waals surface area contributed by atoms with Crippen molar-refractivity contribution in [2.75, 3.05) is 18.0 Å². The van der Waals surface area contributed by atoms with Gasteiger partial charge in [0.1, 0.15) is 6.54 Å². The molecule has 1 aromatic rings. The first-order valence-electron chi connectivity index (χ1n) is 8.93. The van der Waals surface area contributed by atoms with E-state index in [0.717, 1.165) is 18.4 Å². The molecule has 2 heterocycles. The van der Waals surface area contributed by atoms with E-state index in [0.29, 0.717) is 0 Å². The Labute approximate surface area is 143 Å². The Morgan fingerprint density at radius 1 is 1.18 bits per heavy atom. The number of pyridine rings is 1. The molecule has 0 N–H and O–H groups in total. The largest absolute Gasteiger partial charge is 1.00 e. The number of aryl methyl sites for hydroxylation is 1. The molecule has 1 fully saturated rings. The van der Waals surface area contributed by atoms with E-state index in [2.05, 4.69) is 54.8 Å². The molecule has 2 nitrogen and oxygen atoms in total. The van der Waals surface area contributed by atoms with Crippen molar-refractivity contribution in [3.8, 4) is 0 Å². The molecule has 2 rings (SSSR count). The van der Waals surface area contributed by atoms with Crippen LogP contribution in [0, 0.1) is 11.8 Å². The highest BCUT2D eigenvalue weighted by Gasteiger charge is 2.16. The number of piperidine rings is 1. The van der Waals surface area contributed by atoms with E-state index in [9.17, 15) is 0 Å². The summed E-state index contributed by atoms with van der Waals surface area (Å²) in [4.78, 5) is 2.54. The van der Waals surface area contributed by atoms with Gasteiger partial charge in [-0.1, -0.05) is 40.0 Å². The molecule has 0 aromatic carbocycles. The van der Waals surface area contributed by atoms with E-state index in [-0.39, 0.29) is 12.4 Å². The van der Waals surface area contributed by atoms with Crippen molar-refractivity contribution in [3.63, 3.8) is 0 Å². The number of rotatable bonds is 7. The minimum atomic E-state index is 0. The first kappa shape index (κ1) is 19.3. The number of aromatic nitrogens is 1. The summed E-state index contributed by atoms with van der Waals surface area (Å²) in [6.45, 7) is 10.6. The van der Waals surface area contributed by atoms with Crippen molar-refractivity contribution in [1.29, 1.82) is 0 Å². The number of nitrogens with zero attached hydrogens (tertiary/aromatic N) is 2. The van der Waals surface area contributed by atoms with E-state index >= 15 is 0 Å². The molecule has 0 radical (unpaired) electrons. The number of anilines is 1. The molecule has 1 saturated heterocycles. The van der Waals surface area contributed by atoms with E-state index in [1.54, 1.807) is 0 Å². The minimum Gasteiger partial charge on any atom is -1.00 e. The lowest BCUT2D eigenvalue weighted by Gasteiger charge is -2.31. The zero-order chi connectivity index (χ0) is 15.1. The Kier molecular flexibility index (Phi) is 8.85. The molecule has 22 heavy (non-hydrogen) atoms. The van der Waals surface area contributed by atoms with Gasteiger partial charge in [0.15, 0.2) is 12.4 Å². The predicted octanol–water partition coefficient (Wildman–Crippen LogP) is 1.43. The third-order valence-corrected chi connectivity index (χ3v) is 4.95. The van der Waals surface area contributed by atoms with E-state index in [1.807, 2.05) is 0 Å². The smallest absolute Gasteiger partial charge is 0.170 e. The molecule has 0 amide bonds. The van der Waals surface area contributed by atoms with Crippen LogP contribution in [0.5, 0.6) is 0 Å². The minimum absolute atomic E-state index is 0. The lowest BCUT2D eigenvalue weighted by molar-refractivity contribution is -0.698. The van der Waals surface area contributed by atoms with Crippen LogP contribution in [-0.2, 0) is 6.54 Å². The van der Waals surface area contributed by atoms with Gasteiger partial charge in [-0.2, -0.15) is 0 Å². The molecule has 1 aliphatic rings.